The Morgan fingerprint density at radius 1 is 1.00 bits per heavy atom. The second kappa shape index (κ2) is 5.00. The Labute approximate surface area is 108 Å². The van der Waals surface area contributed by atoms with Gasteiger partial charge >= 0.3 is 0 Å². The van der Waals surface area contributed by atoms with Crippen LogP contribution < -0.4 is 15.8 Å². The van der Waals surface area contributed by atoms with Gasteiger partial charge in [-0.3, -0.25) is 0 Å². The molecule has 0 radical (unpaired) electrons. The van der Waals surface area contributed by atoms with Crippen LogP contribution in [0.4, 0.5) is 11.4 Å². The summed E-state index contributed by atoms with van der Waals surface area (Å²) in [6.45, 7) is 3.97. The third-order valence-corrected chi connectivity index (χ3v) is 2.93. The van der Waals surface area contributed by atoms with Crippen LogP contribution in [0.15, 0.2) is 36.4 Å². The van der Waals surface area contributed by atoms with Crippen molar-refractivity contribution in [2.45, 2.75) is 13.8 Å². The van der Waals surface area contributed by atoms with Crippen LogP contribution in [0.3, 0.4) is 0 Å². The van der Waals surface area contributed by atoms with E-state index in [2.05, 4.69) is 5.32 Å². The number of hydrogen-bond acceptors (Lipinski definition) is 3. The monoisotopic (exact) mass is 242 g/mol. The molecule has 3 heteroatoms. The van der Waals surface area contributed by atoms with Gasteiger partial charge in [-0.15, -0.1) is 0 Å². The van der Waals surface area contributed by atoms with E-state index in [1.807, 2.05) is 57.3 Å². The van der Waals surface area contributed by atoms with Crippen LogP contribution in [0.1, 0.15) is 11.1 Å². The fourth-order valence-electron chi connectivity index (χ4n) is 1.74. The van der Waals surface area contributed by atoms with Crippen LogP contribution in [0.5, 0.6) is 11.5 Å². The van der Waals surface area contributed by atoms with Crippen molar-refractivity contribution in [1.29, 1.82) is 0 Å². The maximum absolute atomic E-state index is 5.86. The predicted molar refractivity (Wildman–Crippen MR) is 76.4 cm³/mol. The lowest BCUT2D eigenvalue weighted by Gasteiger charge is -2.11. The molecule has 0 aliphatic rings. The Balaban J connectivity index is 2.25. The van der Waals surface area contributed by atoms with Gasteiger partial charge in [0, 0.05) is 18.4 Å². The molecular formula is C15H18N2O. The summed E-state index contributed by atoms with van der Waals surface area (Å²) < 4.78 is 5.86. The first-order valence-electron chi connectivity index (χ1n) is 5.92. The summed E-state index contributed by atoms with van der Waals surface area (Å²) in [7, 11) is 1.89. The molecule has 3 nitrogen and oxygen atoms in total. The average molecular weight is 242 g/mol. The van der Waals surface area contributed by atoms with Gasteiger partial charge in [0.15, 0.2) is 0 Å². The second-order valence-corrected chi connectivity index (χ2v) is 4.35. The molecule has 0 unspecified atom stereocenters. The molecule has 0 heterocycles. The van der Waals surface area contributed by atoms with Crippen LogP contribution in [0.25, 0.3) is 0 Å². The van der Waals surface area contributed by atoms with Crippen LogP contribution in [0, 0.1) is 13.8 Å². The van der Waals surface area contributed by atoms with E-state index >= 15 is 0 Å². The number of anilines is 2. The Kier molecular flexibility index (Phi) is 3.42. The first-order valence-corrected chi connectivity index (χ1v) is 5.92. The molecule has 94 valence electrons. The normalized spacial score (nSPS) is 10.2. The first-order chi connectivity index (χ1) is 8.60. The van der Waals surface area contributed by atoms with Gasteiger partial charge in [-0.2, -0.15) is 0 Å². The summed E-state index contributed by atoms with van der Waals surface area (Å²) in [5.74, 6) is 1.67. The van der Waals surface area contributed by atoms with E-state index in [0.717, 1.165) is 34.0 Å². The SMILES string of the molecule is CNc1ccc(Oc2cc(C)c(N)cc2C)cc1. The number of aryl methyl sites for hydroxylation is 2. The largest absolute Gasteiger partial charge is 0.457 e. The zero-order valence-electron chi connectivity index (χ0n) is 10.9. The van der Waals surface area contributed by atoms with Crippen molar-refractivity contribution in [2.24, 2.45) is 0 Å². The maximum atomic E-state index is 5.86. The minimum absolute atomic E-state index is 0.797. The van der Waals surface area contributed by atoms with E-state index in [0.29, 0.717) is 0 Å². The molecule has 0 atom stereocenters. The zero-order valence-corrected chi connectivity index (χ0v) is 10.9. The van der Waals surface area contributed by atoms with Crippen molar-refractivity contribution in [3.63, 3.8) is 0 Å². The van der Waals surface area contributed by atoms with Crippen molar-refractivity contribution >= 4 is 11.4 Å². The summed E-state index contributed by atoms with van der Waals surface area (Å²) in [4.78, 5) is 0. The van der Waals surface area contributed by atoms with Crippen molar-refractivity contribution in [3.05, 3.63) is 47.5 Å². The van der Waals surface area contributed by atoms with E-state index in [-0.39, 0.29) is 0 Å². The highest BCUT2D eigenvalue weighted by Crippen LogP contribution is 2.29. The van der Waals surface area contributed by atoms with E-state index in [1.165, 1.54) is 0 Å². The molecule has 2 aromatic carbocycles. The molecule has 0 spiro atoms. The topological polar surface area (TPSA) is 47.3 Å². The van der Waals surface area contributed by atoms with Crippen molar-refractivity contribution in [1.82, 2.24) is 0 Å². The summed E-state index contributed by atoms with van der Waals surface area (Å²) in [5, 5.41) is 3.07. The minimum Gasteiger partial charge on any atom is -0.457 e. The van der Waals surface area contributed by atoms with Gasteiger partial charge in [0.1, 0.15) is 11.5 Å². The Hall–Kier alpha value is -2.16. The van der Waals surface area contributed by atoms with Gasteiger partial charge < -0.3 is 15.8 Å². The highest BCUT2D eigenvalue weighted by Gasteiger charge is 2.04. The number of ether oxygens (including phenoxy) is 1. The molecule has 0 aliphatic heterocycles. The third kappa shape index (κ3) is 2.56. The molecule has 0 saturated carbocycles. The summed E-state index contributed by atoms with van der Waals surface area (Å²) in [6, 6.07) is 11.8. The van der Waals surface area contributed by atoms with Crippen LogP contribution in [0.2, 0.25) is 0 Å². The number of nitrogens with one attached hydrogen (secondary N) is 1. The summed E-state index contributed by atoms with van der Waals surface area (Å²) >= 11 is 0. The molecule has 2 rings (SSSR count). The number of benzene rings is 2. The number of nitrogens with two attached hydrogens (primary N) is 1. The summed E-state index contributed by atoms with van der Waals surface area (Å²) in [5.41, 5.74) is 9.78. The number of hydrogen-bond donors (Lipinski definition) is 2. The quantitative estimate of drug-likeness (QED) is 0.806. The molecule has 0 fully saturated rings. The van der Waals surface area contributed by atoms with Crippen molar-refractivity contribution in [3.8, 4) is 11.5 Å². The van der Waals surface area contributed by atoms with Gasteiger partial charge in [-0.05, 0) is 61.4 Å². The van der Waals surface area contributed by atoms with E-state index < -0.39 is 0 Å². The fraction of sp³-hybridized carbons (Fsp3) is 0.200. The first kappa shape index (κ1) is 12.3. The lowest BCUT2D eigenvalue weighted by molar-refractivity contribution is 0.478. The zero-order chi connectivity index (χ0) is 13.1. The van der Waals surface area contributed by atoms with E-state index in [1.54, 1.807) is 0 Å². The molecule has 0 amide bonds. The van der Waals surface area contributed by atoms with Gasteiger partial charge in [-0.1, -0.05) is 0 Å². The van der Waals surface area contributed by atoms with Crippen LogP contribution in [-0.4, -0.2) is 7.05 Å². The number of rotatable bonds is 3. The predicted octanol–water partition coefficient (Wildman–Crippen LogP) is 3.72. The number of nitrogen functional groups attached to an aromatic ring is 1. The van der Waals surface area contributed by atoms with Crippen LogP contribution in [-0.2, 0) is 0 Å². The average Bonchev–Trinajstić information content (AvgIpc) is 2.37. The van der Waals surface area contributed by atoms with Crippen molar-refractivity contribution in [2.75, 3.05) is 18.1 Å². The highest BCUT2D eigenvalue weighted by molar-refractivity contribution is 5.55. The molecule has 0 bridgehead atoms. The van der Waals surface area contributed by atoms with Gasteiger partial charge in [0.05, 0.1) is 0 Å². The molecule has 18 heavy (non-hydrogen) atoms. The fourth-order valence-corrected chi connectivity index (χ4v) is 1.74. The molecule has 3 N–H and O–H groups in total. The highest BCUT2D eigenvalue weighted by atomic mass is 16.5. The molecule has 0 aliphatic carbocycles. The van der Waals surface area contributed by atoms with Gasteiger partial charge in [0.2, 0.25) is 0 Å². The lowest BCUT2D eigenvalue weighted by atomic mass is 10.1. The smallest absolute Gasteiger partial charge is 0.130 e. The van der Waals surface area contributed by atoms with Gasteiger partial charge in [-0.25, -0.2) is 0 Å². The minimum atomic E-state index is 0.797. The molecular weight excluding hydrogens is 224 g/mol. The Morgan fingerprint density at radius 2 is 1.67 bits per heavy atom. The lowest BCUT2D eigenvalue weighted by Crippen LogP contribution is -1.94. The van der Waals surface area contributed by atoms with Crippen LogP contribution >= 0.6 is 0 Å². The maximum Gasteiger partial charge on any atom is 0.130 e. The van der Waals surface area contributed by atoms with E-state index in [4.69, 9.17) is 10.5 Å². The molecule has 2 aromatic rings. The molecule has 0 aromatic heterocycles. The van der Waals surface area contributed by atoms with E-state index in [9.17, 15) is 0 Å². The third-order valence-electron chi connectivity index (χ3n) is 2.93. The second-order valence-electron chi connectivity index (χ2n) is 4.35. The Bertz CT molecular complexity index is 547. The van der Waals surface area contributed by atoms with Gasteiger partial charge in [0.25, 0.3) is 0 Å². The standard InChI is InChI=1S/C15H18N2O/c1-10-9-15(11(2)8-14(10)16)18-13-6-4-12(17-3)5-7-13/h4-9,17H,16H2,1-3H3. The van der Waals surface area contributed by atoms with Crippen molar-refractivity contribution < 1.29 is 4.74 Å². The Morgan fingerprint density at radius 3 is 2.28 bits per heavy atom. The summed E-state index contributed by atoms with van der Waals surface area (Å²) in [6.07, 6.45) is 0. The molecule has 0 saturated heterocycles.